The van der Waals surface area contributed by atoms with E-state index < -0.39 is 5.97 Å². The molecule has 0 bridgehead atoms. The quantitative estimate of drug-likeness (QED) is 0.524. The molecule has 2 rings (SSSR count). The minimum Gasteiger partial charge on any atom is -0.508 e. The fraction of sp³-hybridized carbons (Fsp3) is 0.118. The van der Waals surface area contributed by atoms with Gasteiger partial charge in [-0.25, -0.2) is 4.79 Å². The average Bonchev–Trinajstić information content (AvgIpc) is 2.43. The fourth-order valence-electron chi connectivity index (χ4n) is 1.81. The van der Waals surface area contributed by atoms with E-state index in [4.69, 9.17) is 4.74 Å². The Kier molecular flexibility index (Phi) is 4.20. The van der Waals surface area contributed by atoms with E-state index in [-0.39, 0.29) is 5.75 Å². The number of carbonyl (C=O) groups is 1. The van der Waals surface area contributed by atoms with E-state index in [1.807, 2.05) is 30.3 Å². The van der Waals surface area contributed by atoms with Crippen molar-refractivity contribution in [3.8, 4) is 11.5 Å². The Morgan fingerprint density at radius 2 is 1.85 bits per heavy atom. The van der Waals surface area contributed by atoms with Crippen molar-refractivity contribution < 1.29 is 14.6 Å². The topological polar surface area (TPSA) is 46.5 Å². The summed E-state index contributed by atoms with van der Waals surface area (Å²) < 4.78 is 5.26. The van der Waals surface area contributed by atoms with Crippen molar-refractivity contribution in [1.82, 2.24) is 0 Å². The minimum absolute atomic E-state index is 0.112. The van der Waals surface area contributed by atoms with Gasteiger partial charge in [0.2, 0.25) is 0 Å². The van der Waals surface area contributed by atoms with Crippen LogP contribution < -0.4 is 4.74 Å². The molecule has 0 radical (unpaired) electrons. The third kappa shape index (κ3) is 3.26. The molecule has 0 aliphatic carbocycles. The molecule has 0 saturated heterocycles. The highest BCUT2D eigenvalue weighted by Crippen LogP contribution is 2.30. The number of hydrogen-bond donors (Lipinski definition) is 1. The molecule has 0 heterocycles. The Hall–Kier alpha value is -2.55. The van der Waals surface area contributed by atoms with E-state index in [2.05, 4.69) is 6.58 Å². The molecule has 0 aliphatic heterocycles. The van der Waals surface area contributed by atoms with Crippen molar-refractivity contribution in [3.63, 3.8) is 0 Å². The largest absolute Gasteiger partial charge is 0.508 e. The molecule has 2 aromatic carbocycles. The molecule has 3 heteroatoms. The third-order valence-electron chi connectivity index (χ3n) is 2.88. The fourth-order valence-corrected chi connectivity index (χ4v) is 1.81. The van der Waals surface area contributed by atoms with Gasteiger partial charge in [0, 0.05) is 17.6 Å². The molecule has 0 spiro atoms. The second-order valence-corrected chi connectivity index (χ2v) is 4.59. The molecule has 0 aromatic heterocycles. The lowest BCUT2D eigenvalue weighted by Gasteiger charge is -2.11. The average molecular weight is 268 g/mol. The smallest absolute Gasteiger partial charge is 0.338 e. The summed E-state index contributed by atoms with van der Waals surface area (Å²) >= 11 is 0. The van der Waals surface area contributed by atoms with Gasteiger partial charge in [0.15, 0.2) is 0 Å². The van der Waals surface area contributed by atoms with Gasteiger partial charge in [0.25, 0.3) is 0 Å². The van der Waals surface area contributed by atoms with Gasteiger partial charge in [-0.05, 0) is 24.6 Å². The van der Waals surface area contributed by atoms with Crippen molar-refractivity contribution in [3.05, 3.63) is 71.8 Å². The Morgan fingerprint density at radius 1 is 1.15 bits per heavy atom. The molecule has 20 heavy (non-hydrogen) atoms. The second kappa shape index (κ2) is 6.06. The highest BCUT2D eigenvalue weighted by molar-refractivity contribution is 5.89. The van der Waals surface area contributed by atoms with Crippen LogP contribution in [0.2, 0.25) is 0 Å². The molecule has 1 N–H and O–H groups in total. The predicted molar refractivity (Wildman–Crippen MR) is 77.8 cm³/mol. The zero-order valence-corrected chi connectivity index (χ0v) is 11.3. The lowest BCUT2D eigenvalue weighted by atomic mass is 10.0. The minimum atomic E-state index is -0.495. The van der Waals surface area contributed by atoms with Crippen molar-refractivity contribution in [2.45, 2.75) is 13.3 Å². The van der Waals surface area contributed by atoms with Crippen molar-refractivity contribution in [2.24, 2.45) is 0 Å². The van der Waals surface area contributed by atoms with Gasteiger partial charge in [-0.3, -0.25) is 0 Å². The lowest BCUT2D eigenvalue weighted by Crippen LogP contribution is -2.10. The van der Waals surface area contributed by atoms with E-state index in [1.54, 1.807) is 25.1 Å². The second-order valence-electron chi connectivity index (χ2n) is 4.59. The highest BCUT2D eigenvalue weighted by Gasteiger charge is 2.13. The summed E-state index contributed by atoms with van der Waals surface area (Å²) in [6.45, 7) is 5.14. The lowest BCUT2D eigenvalue weighted by molar-refractivity contribution is -0.130. The summed E-state index contributed by atoms with van der Waals surface area (Å²) in [7, 11) is 0. The van der Waals surface area contributed by atoms with Crippen LogP contribution in [-0.4, -0.2) is 11.1 Å². The maximum atomic E-state index is 11.6. The first-order valence-electron chi connectivity index (χ1n) is 6.30. The molecular formula is C17H16O3. The zero-order valence-electron chi connectivity index (χ0n) is 11.3. The van der Waals surface area contributed by atoms with Crippen molar-refractivity contribution in [2.75, 3.05) is 0 Å². The van der Waals surface area contributed by atoms with Gasteiger partial charge >= 0.3 is 5.97 Å². The number of aromatic hydroxyl groups is 1. The molecule has 0 amide bonds. The Morgan fingerprint density at radius 3 is 2.50 bits per heavy atom. The van der Waals surface area contributed by atoms with Gasteiger partial charge in [-0.2, -0.15) is 0 Å². The van der Waals surface area contributed by atoms with Gasteiger partial charge in [0.05, 0.1) is 0 Å². The van der Waals surface area contributed by atoms with Crippen LogP contribution in [-0.2, 0) is 11.2 Å². The van der Waals surface area contributed by atoms with E-state index in [9.17, 15) is 9.90 Å². The number of rotatable bonds is 4. The maximum Gasteiger partial charge on any atom is 0.338 e. The van der Waals surface area contributed by atoms with Crippen LogP contribution in [0.25, 0.3) is 0 Å². The van der Waals surface area contributed by atoms with Crippen LogP contribution in [0.1, 0.15) is 18.1 Å². The molecule has 102 valence electrons. The summed E-state index contributed by atoms with van der Waals surface area (Å²) in [5, 5.41) is 9.99. The summed E-state index contributed by atoms with van der Waals surface area (Å²) in [5.74, 6) is -0.0207. The number of carbonyl (C=O) groups excluding carboxylic acids is 1. The Bertz CT molecular complexity index is 630. The first kappa shape index (κ1) is 13.9. The Labute approximate surface area is 118 Å². The van der Waals surface area contributed by atoms with Crippen LogP contribution in [0.15, 0.2) is 60.7 Å². The van der Waals surface area contributed by atoms with Gasteiger partial charge in [0.1, 0.15) is 11.5 Å². The number of phenols is 1. The van der Waals surface area contributed by atoms with E-state index in [0.29, 0.717) is 23.3 Å². The number of phenolic OH excluding ortho intramolecular Hbond substituents is 1. The molecule has 3 nitrogen and oxygen atoms in total. The monoisotopic (exact) mass is 268 g/mol. The standard InChI is InChI=1S/C17H16O3/c1-12(2)17(19)20-16-10-6-9-15(18)14(16)11-13-7-4-3-5-8-13/h3-10,18H,1,11H2,2H3. The molecular weight excluding hydrogens is 252 g/mol. The van der Waals surface area contributed by atoms with Crippen molar-refractivity contribution in [1.29, 1.82) is 0 Å². The van der Waals surface area contributed by atoms with E-state index in [1.165, 1.54) is 0 Å². The number of ether oxygens (including phenoxy) is 1. The molecule has 0 saturated carbocycles. The SMILES string of the molecule is C=C(C)C(=O)Oc1cccc(O)c1Cc1ccccc1. The van der Waals surface area contributed by atoms with Gasteiger partial charge in [-0.15, -0.1) is 0 Å². The van der Waals surface area contributed by atoms with Crippen LogP contribution in [0.3, 0.4) is 0 Å². The van der Waals surface area contributed by atoms with Crippen LogP contribution in [0.5, 0.6) is 11.5 Å². The number of esters is 1. The first-order valence-corrected chi connectivity index (χ1v) is 6.30. The Balaban J connectivity index is 2.31. The molecule has 0 atom stereocenters. The number of benzene rings is 2. The summed E-state index contributed by atoms with van der Waals surface area (Å²) in [5.41, 5.74) is 1.94. The summed E-state index contributed by atoms with van der Waals surface area (Å²) in [6, 6.07) is 14.6. The normalized spacial score (nSPS) is 10.1. The summed E-state index contributed by atoms with van der Waals surface area (Å²) in [4.78, 5) is 11.6. The van der Waals surface area contributed by atoms with E-state index in [0.717, 1.165) is 5.56 Å². The highest BCUT2D eigenvalue weighted by atomic mass is 16.5. The third-order valence-corrected chi connectivity index (χ3v) is 2.88. The van der Waals surface area contributed by atoms with Crippen LogP contribution >= 0.6 is 0 Å². The maximum absolute atomic E-state index is 11.6. The number of hydrogen-bond acceptors (Lipinski definition) is 3. The van der Waals surface area contributed by atoms with E-state index >= 15 is 0 Å². The predicted octanol–water partition coefficient (Wildman–Crippen LogP) is 3.46. The zero-order chi connectivity index (χ0) is 14.5. The molecule has 0 fully saturated rings. The van der Waals surface area contributed by atoms with Crippen LogP contribution in [0.4, 0.5) is 0 Å². The first-order chi connectivity index (χ1) is 9.58. The molecule has 0 aliphatic rings. The summed E-state index contributed by atoms with van der Waals surface area (Å²) in [6.07, 6.45) is 0.492. The van der Waals surface area contributed by atoms with Gasteiger partial charge in [-0.1, -0.05) is 43.0 Å². The van der Waals surface area contributed by atoms with Crippen molar-refractivity contribution >= 4 is 5.97 Å². The van der Waals surface area contributed by atoms with Gasteiger partial charge < -0.3 is 9.84 Å². The molecule has 0 unspecified atom stereocenters. The molecule has 2 aromatic rings. The van der Waals surface area contributed by atoms with Crippen LogP contribution in [0, 0.1) is 0 Å².